The molecule has 0 saturated carbocycles. The fourth-order valence-electron chi connectivity index (χ4n) is 3.09. The molecule has 5 rings (SSSR count). The van der Waals surface area contributed by atoms with E-state index in [1.54, 1.807) is 29.9 Å². The average molecular weight is 398 g/mol. The van der Waals surface area contributed by atoms with E-state index in [0.29, 0.717) is 17.4 Å². The lowest BCUT2D eigenvalue weighted by Crippen LogP contribution is -2.00. The molecule has 0 aliphatic rings. The molecule has 4 aromatic heterocycles. The molecule has 0 bridgehead atoms. The van der Waals surface area contributed by atoms with Gasteiger partial charge in [-0.3, -0.25) is 4.98 Å². The predicted octanol–water partition coefficient (Wildman–Crippen LogP) is 5.56. The van der Waals surface area contributed by atoms with Crippen LogP contribution in [0.1, 0.15) is 24.8 Å². The number of pyridine rings is 2. The quantitative estimate of drug-likeness (QED) is 0.427. The Morgan fingerprint density at radius 1 is 0.931 bits per heavy atom. The zero-order valence-corrected chi connectivity index (χ0v) is 16.8. The lowest BCUT2D eigenvalue weighted by molar-refractivity contribution is 0.857. The normalized spacial score (nSPS) is 11.4. The Balaban J connectivity index is 1.60. The number of hydrogen-bond acceptors (Lipinski definition) is 7. The Labute approximate surface area is 171 Å². The number of thiazole rings is 1. The van der Waals surface area contributed by atoms with Gasteiger partial charge < -0.3 is 5.32 Å². The Bertz CT molecular complexity index is 1310. The van der Waals surface area contributed by atoms with Crippen LogP contribution in [0.25, 0.3) is 32.6 Å². The highest BCUT2D eigenvalue weighted by Gasteiger charge is 2.12. The van der Waals surface area contributed by atoms with Crippen molar-refractivity contribution in [1.29, 1.82) is 0 Å². The van der Waals surface area contributed by atoms with Crippen LogP contribution in [0.2, 0.25) is 0 Å². The second kappa shape index (κ2) is 7.18. The van der Waals surface area contributed by atoms with E-state index in [-0.39, 0.29) is 0 Å². The van der Waals surface area contributed by atoms with Crippen LogP contribution in [0.5, 0.6) is 0 Å². The Morgan fingerprint density at radius 2 is 1.79 bits per heavy atom. The van der Waals surface area contributed by atoms with Crippen molar-refractivity contribution in [2.75, 3.05) is 5.32 Å². The van der Waals surface area contributed by atoms with Gasteiger partial charge in [-0.2, -0.15) is 0 Å². The highest BCUT2D eigenvalue weighted by Crippen LogP contribution is 2.31. The summed E-state index contributed by atoms with van der Waals surface area (Å²) in [6.45, 7) is 4.33. The van der Waals surface area contributed by atoms with Crippen molar-refractivity contribution >= 4 is 44.1 Å². The molecule has 0 aliphatic carbocycles. The third-order valence-corrected chi connectivity index (χ3v) is 5.89. The van der Waals surface area contributed by atoms with Gasteiger partial charge in [-0.05, 0) is 42.5 Å². The summed E-state index contributed by atoms with van der Waals surface area (Å²) < 4.78 is 1.16. The number of nitrogens with one attached hydrogen (secondary N) is 1. The standard InChI is InChI=1S/C22H18N6S/c1-13(2)22-26-17-6-5-15(12-18(17)29-22)25-21-16-4-3-9-24-20(16)27-19(28-21)14-7-10-23-11-8-14/h3-13H,1-2H3,(H,24,25,27,28). The third-order valence-electron chi connectivity index (χ3n) is 4.57. The first-order valence-electron chi connectivity index (χ1n) is 9.38. The molecule has 142 valence electrons. The minimum Gasteiger partial charge on any atom is -0.340 e. The van der Waals surface area contributed by atoms with Crippen LogP contribution in [0.15, 0.2) is 61.1 Å². The van der Waals surface area contributed by atoms with E-state index in [9.17, 15) is 0 Å². The number of anilines is 2. The molecule has 0 saturated heterocycles. The summed E-state index contributed by atoms with van der Waals surface area (Å²) >= 11 is 1.73. The molecule has 0 spiro atoms. The molecule has 7 heteroatoms. The number of fused-ring (bicyclic) bond motifs is 2. The summed E-state index contributed by atoms with van der Waals surface area (Å²) in [4.78, 5) is 22.6. The van der Waals surface area contributed by atoms with Gasteiger partial charge >= 0.3 is 0 Å². The van der Waals surface area contributed by atoms with E-state index in [2.05, 4.69) is 40.2 Å². The molecule has 0 fully saturated rings. The van der Waals surface area contributed by atoms with E-state index < -0.39 is 0 Å². The summed E-state index contributed by atoms with van der Waals surface area (Å²) in [5.41, 5.74) is 3.53. The number of hydrogen-bond donors (Lipinski definition) is 1. The largest absolute Gasteiger partial charge is 0.340 e. The minimum absolute atomic E-state index is 0.420. The first-order chi connectivity index (χ1) is 14.2. The summed E-state index contributed by atoms with van der Waals surface area (Å²) in [6, 6.07) is 13.9. The molecular formula is C22H18N6S. The third kappa shape index (κ3) is 3.40. The second-order valence-electron chi connectivity index (χ2n) is 7.02. The Kier molecular flexibility index (Phi) is 4.37. The van der Waals surface area contributed by atoms with Gasteiger partial charge in [-0.15, -0.1) is 11.3 Å². The van der Waals surface area contributed by atoms with Crippen molar-refractivity contribution < 1.29 is 0 Å². The van der Waals surface area contributed by atoms with Gasteiger partial charge in [-0.1, -0.05) is 13.8 Å². The minimum atomic E-state index is 0.420. The maximum absolute atomic E-state index is 4.78. The number of nitrogens with zero attached hydrogens (tertiary/aromatic N) is 5. The van der Waals surface area contributed by atoms with Crippen molar-refractivity contribution in [2.45, 2.75) is 19.8 Å². The highest BCUT2D eigenvalue weighted by molar-refractivity contribution is 7.18. The predicted molar refractivity (Wildman–Crippen MR) is 118 cm³/mol. The lowest BCUT2D eigenvalue weighted by Gasteiger charge is -2.10. The van der Waals surface area contributed by atoms with E-state index >= 15 is 0 Å². The molecule has 4 heterocycles. The van der Waals surface area contributed by atoms with Crippen molar-refractivity contribution in [3.8, 4) is 11.4 Å². The average Bonchev–Trinajstić information content (AvgIpc) is 3.18. The van der Waals surface area contributed by atoms with E-state index in [4.69, 9.17) is 9.97 Å². The van der Waals surface area contributed by atoms with Gasteiger partial charge in [0.05, 0.1) is 20.6 Å². The fraction of sp³-hybridized carbons (Fsp3) is 0.136. The van der Waals surface area contributed by atoms with Gasteiger partial charge in [0.25, 0.3) is 0 Å². The summed E-state index contributed by atoms with van der Waals surface area (Å²) in [5, 5.41) is 5.48. The van der Waals surface area contributed by atoms with Crippen LogP contribution < -0.4 is 5.32 Å². The van der Waals surface area contributed by atoms with Crippen molar-refractivity contribution in [3.63, 3.8) is 0 Å². The first-order valence-corrected chi connectivity index (χ1v) is 10.2. The number of aromatic nitrogens is 5. The van der Waals surface area contributed by atoms with Gasteiger partial charge in [0, 0.05) is 35.8 Å². The van der Waals surface area contributed by atoms with Crippen LogP contribution in [-0.2, 0) is 0 Å². The second-order valence-corrected chi connectivity index (χ2v) is 8.08. The number of benzene rings is 1. The van der Waals surface area contributed by atoms with Gasteiger partial charge in [0.15, 0.2) is 11.5 Å². The molecular weight excluding hydrogens is 380 g/mol. The molecule has 0 atom stereocenters. The molecule has 29 heavy (non-hydrogen) atoms. The van der Waals surface area contributed by atoms with Crippen molar-refractivity contribution in [1.82, 2.24) is 24.9 Å². The van der Waals surface area contributed by atoms with Gasteiger partial charge in [0.2, 0.25) is 0 Å². The number of rotatable bonds is 4. The topological polar surface area (TPSA) is 76.5 Å². The van der Waals surface area contributed by atoms with Crippen molar-refractivity contribution in [2.24, 2.45) is 0 Å². The van der Waals surface area contributed by atoms with Crippen LogP contribution in [0.4, 0.5) is 11.5 Å². The Morgan fingerprint density at radius 3 is 2.62 bits per heavy atom. The highest BCUT2D eigenvalue weighted by atomic mass is 32.1. The molecule has 6 nitrogen and oxygen atoms in total. The molecule has 0 amide bonds. The molecule has 0 radical (unpaired) electrons. The molecule has 0 aliphatic heterocycles. The van der Waals surface area contributed by atoms with Gasteiger partial charge in [-0.25, -0.2) is 19.9 Å². The molecule has 1 N–H and O–H groups in total. The van der Waals surface area contributed by atoms with Crippen LogP contribution in [0.3, 0.4) is 0 Å². The zero-order valence-electron chi connectivity index (χ0n) is 16.0. The van der Waals surface area contributed by atoms with Crippen LogP contribution >= 0.6 is 11.3 Å². The van der Waals surface area contributed by atoms with Crippen LogP contribution in [0, 0.1) is 0 Å². The molecule has 5 aromatic rings. The monoisotopic (exact) mass is 398 g/mol. The van der Waals surface area contributed by atoms with Gasteiger partial charge in [0.1, 0.15) is 5.82 Å². The van der Waals surface area contributed by atoms with E-state index in [1.807, 2.05) is 36.4 Å². The fourth-order valence-corrected chi connectivity index (χ4v) is 4.10. The molecule has 1 aromatic carbocycles. The molecule has 0 unspecified atom stereocenters. The Hall–Kier alpha value is -3.45. The summed E-state index contributed by atoms with van der Waals surface area (Å²) in [6.07, 6.45) is 5.21. The summed E-state index contributed by atoms with van der Waals surface area (Å²) in [5.74, 6) is 1.76. The maximum Gasteiger partial charge on any atom is 0.165 e. The maximum atomic E-state index is 4.78. The zero-order chi connectivity index (χ0) is 19.8. The lowest BCUT2D eigenvalue weighted by atomic mass is 10.2. The van der Waals surface area contributed by atoms with E-state index in [1.165, 1.54) is 0 Å². The van der Waals surface area contributed by atoms with Crippen molar-refractivity contribution in [3.05, 3.63) is 66.1 Å². The van der Waals surface area contributed by atoms with Crippen LogP contribution in [-0.4, -0.2) is 24.9 Å². The summed E-state index contributed by atoms with van der Waals surface area (Å²) in [7, 11) is 0. The smallest absolute Gasteiger partial charge is 0.165 e. The first kappa shape index (κ1) is 17.6. The van der Waals surface area contributed by atoms with E-state index in [0.717, 1.165) is 37.7 Å². The SMILES string of the molecule is CC(C)c1nc2ccc(Nc3nc(-c4ccncc4)nc4ncccc34)cc2s1.